The molecule has 0 heterocycles. The summed E-state index contributed by atoms with van der Waals surface area (Å²) in [4.78, 5) is 12.3. The maximum atomic E-state index is 12.3. The molecule has 0 unspecified atom stereocenters. The lowest BCUT2D eigenvalue weighted by atomic mass is 9.84. The molecule has 0 aliphatic heterocycles. The van der Waals surface area contributed by atoms with Crippen molar-refractivity contribution in [2.75, 3.05) is 5.75 Å². The van der Waals surface area contributed by atoms with E-state index in [-0.39, 0.29) is 11.1 Å². The van der Waals surface area contributed by atoms with Crippen molar-refractivity contribution in [1.29, 1.82) is 0 Å². The highest BCUT2D eigenvalue weighted by atomic mass is 32.2. The van der Waals surface area contributed by atoms with Crippen molar-refractivity contribution in [3.8, 4) is 0 Å². The number of rotatable bonds is 13. The maximum absolute atomic E-state index is 12.3. The number of carboxylic acids is 1. The second-order valence-electron chi connectivity index (χ2n) is 12.5. The minimum Gasteiger partial charge on any atom is -0.481 e. The second-order valence-corrected chi connectivity index (χ2v) is 18.5. The Morgan fingerprint density at radius 3 is 1.54 bits per heavy atom. The van der Waals surface area contributed by atoms with Crippen LogP contribution in [-0.4, -0.2) is 31.3 Å². The van der Waals surface area contributed by atoms with Gasteiger partial charge in [0.1, 0.15) is 0 Å². The van der Waals surface area contributed by atoms with E-state index in [4.69, 9.17) is 4.43 Å². The molecule has 0 fully saturated rings. The fourth-order valence-electron chi connectivity index (χ4n) is 4.91. The predicted octanol–water partition coefficient (Wildman–Crippen LogP) is 9.24. The quantitative estimate of drug-likeness (QED) is 0.167. The molecular formula is C34H46O3SSi. The Morgan fingerprint density at radius 2 is 1.21 bits per heavy atom. The number of hydrogen-bond donors (Lipinski definition) is 1. The third-order valence-corrected chi connectivity index (χ3v) is 14.2. The van der Waals surface area contributed by atoms with E-state index in [2.05, 4.69) is 139 Å². The number of benzene rings is 3. The standard InChI is InChI=1S/C34H46O3SSi/c1-26(2)23-27(32(35)36)24-31(37-39(6,7)33(3,4)5)25-38-34(28-17-11-8-12-18-28,29-19-13-9-14-20-29)30-21-15-10-16-22-30/h8-22,26-27,31H,23-25H2,1-7H3,(H,35,36)/t27-,31+/m1/s1. The van der Waals surface area contributed by atoms with Gasteiger partial charge in [0, 0.05) is 5.75 Å². The summed E-state index contributed by atoms with van der Waals surface area (Å²) < 4.78 is 6.56. The van der Waals surface area contributed by atoms with E-state index in [0.29, 0.717) is 24.5 Å². The molecule has 210 valence electrons. The summed E-state index contributed by atoms with van der Waals surface area (Å²) in [6.45, 7) is 15.5. The van der Waals surface area contributed by atoms with Gasteiger partial charge in [0.2, 0.25) is 0 Å². The van der Waals surface area contributed by atoms with Gasteiger partial charge in [-0.25, -0.2) is 0 Å². The van der Waals surface area contributed by atoms with E-state index in [1.54, 1.807) is 0 Å². The third kappa shape index (κ3) is 7.87. The topological polar surface area (TPSA) is 46.5 Å². The molecule has 5 heteroatoms. The van der Waals surface area contributed by atoms with Crippen molar-refractivity contribution in [1.82, 2.24) is 0 Å². The molecule has 0 saturated carbocycles. The Kier molecular flexibility index (Phi) is 10.7. The predicted molar refractivity (Wildman–Crippen MR) is 169 cm³/mol. The molecule has 0 radical (unpaired) electrons. The Labute approximate surface area is 241 Å². The van der Waals surface area contributed by atoms with E-state index < -0.39 is 25.0 Å². The zero-order chi connectivity index (χ0) is 28.7. The highest BCUT2D eigenvalue weighted by Crippen LogP contribution is 2.49. The summed E-state index contributed by atoms with van der Waals surface area (Å²) >= 11 is 1.86. The minimum atomic E-state index is -2.15. The molecule has 0 amide bonds. The molecule has 3 nitrogen and oxygen atoms in total. The van der Waals surface area contributed by atoms with Crippen LogP contribution in [0.2, 0.25) is 18.1 Å². The molecule has 39 heavy (non-hydrogen) atoms. The summed E-state index contributed by atoms with van der Waals surface area (Å²) in [5, 5.41) is 10.2. The molecule has 2 atom stereocenters. The van der Waals surface area contributed by atoms with Gasteiger partial charge < -0.3 is 9.53 Å². The number of aliphatic carboxylic acids is 1. The Hall–Kier alpha value is -2.34. The number of carboxylic acid groups (broad SMARTS) is 1. The maximum Gasteiger partial charge on any atom is 0.306 e. The van der Waals surface area contributed by atoms with Crippen LogP contribution >= 0.6 is 11.8 Å². The van der Waals surface area contributed by atoms with Crippen LogP contribution in [0.3, 0.4) is 0 Å². The molecule has 0 aromatic heterocycles. The first-order valence-electron chi connectivity index (χ1n) is 14.1. The van der Waals surface area contributed by atoms with E-state index >= 15 is 0 Å². The molecule has 1 N–H and O–H groups in total. The molecule has 0 bridgehead atoms. The first kappa shape index (κ1) is 31.2. The van der Waals surface area contributed by atoms with Gasteiger partial charge in [0.15, 0.2) is 8.32 Å². The second kappa shape index (κ2) is 13.3. The van der Waals surface area contributed by atoms with Crippen LogP contribution in [0, 0.1) is 11.8 Å². The van der Waals surface area contributed by atoms with Gasteiger partial charge in [-0.2, -0.15) is 0 Å². The van der Waals surface area contributed by atoms with Crippen molar-refractivity contribution in [3.05, 3.63) is 108 Å². The largest absolute Gasteiger partial charge is 0.481 e. The van der Waals surface area contributed by atoms with Crippen molar-refractivity contribution >= 4 is 26.0 Å². The lowest BCUT2D eigenvalue weighted by Gasteiger charge is -2.41. The van der Waals surface area contributed by atoms with Gasteiger partial charge in [-0.3, -0.25) is 4.79 Å². The number of carbonyl (C=O) groups is 1. The average molecular weight is 563 g/mol. The van der Waals surface area contributed by atoms with Crippen LogP contribution in [0.25, 0.3) is 0 Å². The summed E-state index contributed by atoms with van der Waals surface area (Å²) in [5.41, 5.74) is 3.61. The smallest absolute Gasteiger partial charge is 0.306 e. The van der Waals surface area contributed by atoms with E-state index in [0.717, 1.165) is 0 Å². The molecule has 3 aromatic rings. The Morgan fingerprint density at radius 1 is 0.795 bits per heavy atom. The average Bonchev–Trinajstić information content (AvgIpc) is 2.89. The van der Waals surface area contributed by atoms with Crippen LogP contribution in [0.15, 0.2) is 91.0 Å². The zero-order valence-electron chi connectivity index (χ0n) is 24.7. The third-order valence-electron chi connectivity index (χ3n) is 7.95. The lowest BCUT2D eigenvalue weighted by Crippen LogP contribution is -2.45. The highest BCUT2D eigenvalue weighted by Gasteiger charge is 2.42. The molecule has 0 saturated heterocycles. The normalized spacial score (nSPS) is 14.3. The van der Waals surface area contributed by atoms with Crippen LogP contribution in [0.1, 0.15) is 64.2 Å². The summed E-state index contributed by atoms with van der Waals surface area (Å²) in [7, 11) is -2.15. The molecule has 0 aliphatic carbocycles. The monoisotopic (exact) mass is 562 g/mol. The van der Waals surface area contributed by atoms with Gasteiger partial charge in [-0.15, -0.1) is 11.8 Å². The Balaban J connectivity index is 2.10. The number of hydrogen-bond acceptors (Lipinski definition) is 3. The van der Waals surface area contributed by atoms with Crippen LogP contribution < -0.4 is 0 Å². The van der Waals surface area contributed by atoms with Gasteiger partial charge in [0.25, 0.3) is 0 Å². The Bertz CT molecular complexity index is 1060. The molecule has 0 spiro atoms. The first-order chi connectivity index (χ1) is 18.4. The van der Waals surface area contributed by atoms with Crippen LogP contribution in [0.5, 0.6) is 0 Å². The van der Waals surface area contributed by atoms with Gasteiger partial charge in [0.05, 0.1) is 16.8 Å². The van der Waals surface area contributed by atoms with Gasteiger partial charge in [-0.1, -0.05) is 126 Å². The van der Waals surface area contributed by atoms with E-state index in [1.807, 2.05) is 11.8 Å². The van der Waals surface area contributed by atoms with E-state index in [1.165, 1.54) is 16.7 Å². The zero-order valence-corrected chi connectivity index (χ0v) is 26.5. The van der Waals surface area contributed by atoms with Crippen molar-refractivity contribution < 1.29 is 14.3 Å². The van der Waals surface area contributed by atoms with Crippen LogP contribution in [0.4, 0.5) is 0 Å². The van der Waals surface area contributed by atoms with Crippen molar-refractivity contribution in [2.24, 2.45) is 11.8 Å². The SMILES string of the molecule is CC(C)C[C@H](C[C@@H](CSC(c1ccccc1)(c1ccccc1)c1ccccc1)O[Si](C)(C)C(C)(C)C)C(=O)O. The summed E-state index contributed by atoms with van der Waals surface area (Å²) in [5.74, 6) is -0.158. The highest BCUT2D eigenvalue weighted by molar-refractivity contribution is 8.00. The molecule has 3 aromatic carbocycles. The summed E-state index contributed by atoms with van der Waals surface area (Å²) in [6.07, 6.45) is 0.992. The first-order valence-corrected chi connectivity index (χ1v) is 18.0. The fraction of sp³-hybridized carbons (Fsp3) is 0.441. The van der Waals surface area contributed by atoms with Crippen LogP contribution in [-0.2, 0) is 14.0 Å². The molecular weight excluding hydrogens is 517 g/mol. The van der Waals surface area contributed by atoms with Gasteiger partial charge >= 0.3 is 5.97 Å². The minimum absolute atomic E-state index is 0.0298. The molecule has 0 aliphatic rings. The number of thioether (sulfide) groups is 1. The molecule has 3 rings (SSSR count). The van der Waals surface area contributed by atoms with Crippen molar-refractivity contribution in [2.45, 2.75) is 76.4 Å². The fourth-order valence-corrected chi connectivity index (χ4v) is 7.95. The lowest BCUT2D eigenvalue weighted by molar-refractivity contribution is -0.143. The van der Waals surface area contributed by atoms with Crippen molar-refractivity contribution in [3.63, 3.8) is 0 Å². The van der Waals surface area contributed by atoms with E-state index in [9.17, 15) is 9.90 Å². The summed E-state index contributed by atoms with van der Waals surface area (Å²) in [6, 6.07) is 32.0. The van der Waals surface area contributed by atoms with Gasteiger partial charge in [-0.05, 0) is 53.6 Å².